The zero-order valence-electron chi connectivity index (χ0n) is 12.1. The van der Waals surface area contributed by atoms with Gasteiger partial charge in [0.1, 0.15) is 11.5 Å². The Morgan fingerprint density at radius 3 is 2.33 bits per heavy atom. The van der Waals surface area contributed by atoms with Gasteiger partial charge in [-0.25, -0.2) is 0 Å². The Balaban J connectivity index is 2.46. The van der Waals surface area contributed by atoms with Gasteiger partial charge in [-0.05, 0) is 36.9 Å². The molecule has 0 aliphatic heterocycles. The molecule has 1 N–H and O–H groups in total. The van der Waals surface area contributed by atoms with E-state index in [9.17, 15) is 0 Å². The van der Waals surface area contributed by atoms with Crippen LogP contribution in [0.5, 0.6) is 11.5 Å². The first-order chi connectivity index (χ1) is 10.1. The maximum Gasteiger partial charge on any atom is 0.137 e. The average Bonchev–Trinajstić information content (AvgIpc) is 2.49. The molecule has 0 amide bonds. The van der Waals surface area contributed by atoms with E-state index in [1.165, 1.54) is 0 Å². The Hall–Kier alpha value is -1.23. The summed E-state index contributed by atoms with van der Waals surface area (Å²) in [5, 5.41) is 3.89. The second-order valence-electron chi connectivity index (χ2n) is 4.50. The molecule has 0 fully saturated rings. The third kappa shape index (κ3) is 3.51. The summed E-state index contributed by atoms with van der Waals surface area (Å²) >= 11 is 9.68. The van der Waals surface area contributed by atoms with Gasteiger partial charge in [0.25, 0.3) is 0 Å². The van der Waals surface area contributed by atoms with E-state index in [1.807, 2.05) is 43.4 Å². The molecule has 0 aliphatic carbocycles. The second kappa shape index (κ2) is 7.16. The highest BCUT2D eigenvalue weighted by Crippen LogP contribution is 2.35. The number of methoxy groups -OCH3 is 2. The lowest BCUT2D eigenvalue weighted by Gasteiger charge is -2.21. The fraction of sp³-hybridized carbons (Fsp3) is 0.250. The first-order valence-corrected chi connectivity index (χ1v) is 7.62. The standard InChI is InChI=1S/C16H17BrClNO2/c1-19-16(10-4-7-14(20-2)13(18)8-10)12-6-5-11(17)9-15(12)21-3/h4-9,16,19H,1-3H3. The molecule has 2 aromatic carbocycles. The third-order valence-electron chi connectivity index (χ3n) is 3.30. The molecule has 1 atom stereocenters. The Kier molecular flexibility index (Phi) is 5.51. The monoisotopic (exact) mass is 369 g/mol. The highest BCUT2D eigenvalue weighted by molar-refractivity contribution is 9.10. The largest absolute Gasteiger partial charge is 0.496 e. The summed E-state index contributed by atoms with van der Waals surface area (Å²) in [7, 11) is 5.18. The van der Waals surface area contributed by atoms with E-state index in [-0.39, 0.29) is 6.04 Å². The molecule has 3 nitrogen and oxygen atoms in total. The predicted octanol–water partition coefficient (Wildman–Crippen LogP) is 4.43. The lowest BCUT2D eigenvalue weighted by Crippen LogP contribution is -2.18. The van der Waals surface area contributed by atoms with Crippen molar-refractivity contribution in [2.75, 3.05) is 21.3 Å². The average molecular weight is 371 g/mol. The summed E-state index contributed by atoms with van der Waals surface area (Å²) in [6, 6.07) is 11.7. The molecule has 0 bridgehead atoms. The summed E-state index contributed by atoms with van der Waals surface area (Å²) in [5.74, 6) is 1.48. The van der Waals surface area contributed by atoms with Crippen LogP contribution in [0.4, 0.5) is 0 Å². The van der Waals surface area contributed by atoms with Crippen LogP contribution in [0, 0.1) is 0 Å². The first-order valence-electron chi connectivity index (χ1n) is 6.44. The fourth-order valence-electron chi connectivity index (χ4n) is 2.29. The lowest BCUT2D eigenvalue weighted by molar-refractivity contribution is 0.405. The van der Waals surface area contributed by atoms with Gasteiger partial charge in [0, 0.05) is 10.0 Å². The van der Waals surface area contributed by atoms with Crippen LogP contribution in [0.25, 0.3) is 0 Å². The molecular formula is C16H17BrClNO2. The lowest BCUT2D eigenvalue weighted by atomic mass is 9.98. The van der Waals surface area contributed by atoms with Crippen molar-refractivity contribution >= 4 is 27.5 Å². The van der Waals surface area contributed by atoms with E-state index in [0.717, 1.165) is 21.3 Å². The first kappa shape index (κ1) is 16.1. The van der Waals surface area contributed by atoms with Gasteiger partial charge in [-0.2, -0.15) is 0 Å². The van der Waals surface area contributed by atoms with Crippen LogP contribution < -0.4 is 14.8 Å². The molecule has 0 saturated heterocycles. The van der Waals surface area contributed by atoms with Gasteiger partial charge >= 0.3 is 0 Å². The van der Waals surface area contributed by atoms with Crippen LogP contribution in [0.1, 0.15) is 17.2 Å². The Morgan fingerprint density at radius 2 is 1.76 bits per heavy atom. The highest BCUT2D eigenvalue weighted by Gasteiger charge is 2.18. The molecule has 0 aliphatic rings. The van der Waals surface area contributed by atoms with E-state index in [2.05, 4.69) is 21.2 Å². The van der Waals surface area contributed by atoms with Crippen LogP contribution in [0.3, 0.4) is 0 Å². The van der Waals surface area contributed by atoms with Crippen LogP contribution in [0.2, 0.25) is 5.02 Å². The zero-order valence-corrected chi connectivity index (χ0v) is 14.5. The molecule has 21 heavy (non-hydrogen) atoms. The van der Waals surface area contributed by atoms with Crippen LogP contribution in [0.15, 0.2) is 40.9 Å². The van der Waals surface area contributed by atoms with Gasteiger partial charge in [0.05, 0.1) is 25.3 Å². The number of nitrogens with one attached hydrogen (secondary N) is 1. The van der Waals surface area contributed by atoms with Crippen LogP contribution >= 0.6 is 27.5 Å². The van der Waals surface area contributed by atoms with Crippen molar-refractivity contribution in [1.29, 1.82) is 0 Å². The Morgan fingerprint density at radius 1 is 1.05 bits per heavy atom. The Labute approximate surface area is 138 Å². The summed E-state index contributed by atoms with van der Waals surface area (Å²) < 4.78 is 11.7. The minimum Gasteiger partial charge on any atom is -0.496 e. The van der Waals surface area contributed by atoms with Gasteiger partial charge < -0.3 is 14.8 Å². The van der Waals surface area contributed by atoms with E-state index in [0.29, 0.717) is 10.8 Å². The van der Waals surface area contributed by atoms with Gasteiger partial charge in [-0.3, -0.25) is 0 Å². The zero-order chi connectivity index (χ0) is 15.4. The molecule has 0 radical (unpaired) electrons. The number of hydrogen-bond donors (Lipinski definition) is 1. The number of benzene rings is 2. The molecule has 0 heterocycles. The maximum absolute atomic E-state index is 6.23. The molecule has 0 spiro atoms. The van der Waals surface area contributed by atoms with E-state index in [1.54, 1.807) is 14.2 Å². The van der Waals surface area contributed by atoms with Crippen molar-refractivity contribution in [2.45, 2.75) is 6.04 Å². The van der Waals surface area contributed by atoms with Crippen molar-refractivity contribution in [2.24, 2.45) is 0 Å². The molecule has 2 aromatic rings. The molecule has 5 heteroatoms. The molecule has 2 rings (SSSR count). The SMILES string of the molecule is CNC(c1ccc(OC)c(Cl)c1)c1ccc(Br)cc1OC. The van der Waals surface area contributed by atoms with Gasteiger partial charge in [-0.15, -0.1) is 0 Å². The van der Waals surface area contributed by atoms with Crippen LogP contribution in [-0.4, -0.2) is 21.3 Å². The summed E-state index contributed by atoms with van der Waals surface area (Å²) in [5.41, 5.74) is 2.09. The van der Waals surface area contributed by atoms with Crippen molar-refractivity contribution in [3.63, 3.8) is 0 Å². The van der Waals surface area contributed by atoms with Gasteiger partial charge in [0.15, 0.2) is 0 Å². The quantitative estimate of drug-likeness (QED) is 0.844. The van der Waals surface area contributed by atoms with Gasteiger partial charge in [0.2, 0.25) is 0 Å². The van der Waals surface area contributed by atoms with Crippen molar-refractivity contribution in [3.05, 3.63) is 57.0 Å². The summed E-state index contributed by atoms with van der Waals surface area (Å²) in [6.45, 7) is 0. The number of hydrogen-bond acceptors (Lipinski definition) is 3. The molecule has 1 unspecified atom stereocenters. The van der Waals surface area contributed by atoms with Gasteiger partial charge in [-0.1, -0.05) is 39.7 Å². The number of halogens is 2. The minimum atomic E-state index is -0.0172. The van der Waals surface area contributed by atoms with Crippen molar-refractivity contribution in [3.8, 4) is 11.5 Å². The third-order valence-corrected chi connectivity index (χ3v) is 4.09. The number of ether oxygens (including phenoxy) is 2. The maximum atomic E-state index is 6.23. The summed E-state index contributed by atoms with van der Waals surface area (Å²) in [4.78, 5) is 0. The van der Waals surface area contributed by atoms with Crippen LogP contribution in [-0.2, 0) is 0 Å². The van der Waals surface area contributed by atoms with E-state index >= 15 is 0 Å². The summed E-state index contributed by atoms with van der Waals surface area (Å²) in [6.07, 6.45) is 0. The number of rotatable bonds is 5. The van der Waals surface area contributed by atoms with E-state index in [4.69, 9.17) is 21.1 Å². The normalized spacial score (nSPS) is 12.0. The fourth-order valence-corrected chi connectivity index (χ4v) is 2.89. The molecule has 112 valence electrons. The van der Waals surface area contributed by atoms with Crippen molar-refractivity contribution < 1.29 is 9.47 Å². The molecular weight excluding hydrogens is 354 g/mol. The predicted molar refractivity (Wildman–Crippen MR) is 89.6 cm³/mol. The Bertz CT molecular complexity index is 634. The molecule has 0 saturated carbocycles. The second-order valence-corrected chi connectivity index (χ2v) is 5.82. The minimum absolute atomic E-state index is 0.0172. The van der Waals surface area contributed by atoms with Crippen molar-refractivity contribution in [1.82, 2.24) is 5.32 Å². The molecule has 0 aromatic heterocycles. The highest BCUT2D eigenvalue weighted by atomic mass is 79.9. The van der Waals surface area contributed by atoms with E-state index < -0.39 is 0 Å². The topological polar surface area (TPSA) is 30.5 Å². The smallest absolute Gasteiger partial charge is 0.137 e.